The number of carboxylic acids is 1. The first kappa shape index (κ1) is 13.8. The number of nitrogens with zero attached hydrogens (tertiary/aromatic N) is 1. The van der Waals surface area contributed by atoms with E-state index in [9.17, 15) is 4.79 Å². The minimum Gasteiger partial charge on any atom is -0.478 e. The standard InChI is InChI=1S/C14H21N3O2/c1-15-14(16-2)7-9-17(10-8-14)12-5-3-11(4-6-12)13(18)19/h3-6,15-16H,7-10H2,1-2H3,(H,18,19). The number of rotatable bonds is 4. The Balaban J connectivity index is 2.03. The van der Waals surface area contributed by atoms with Gasteiger partial charge >= 0.3 is 5.97 Å². The first-order valence-electron chi connectivity index (χ1n) is 6.56. The van der Waals surface area contributed by atoms with Crippen LogP contribution in [0.3, 0.4) is 0 Å². The Morgan fingerprint density at radius 2 is 1.68 bits per heavy atom. The molecule has 0 saturated carbocycles. The third kappa shape index (κ3) is 2.88. The Morgan fingerprint density at radius 3 is 2.11 bits per heavy atom. The molecule has 19 heavy (non-hydrogen) atoms. The molecule has 1 aliphatic rings. The van der Waals surface area contributed by atoms with Gasteiger partial charge in [0.25, 0.3) is 0 Å². The maximum atomic E-state index is 10.8. The summed E-state index contributed by atoms with van der Waals surface area (Å²) in [6.07, 6.45) is 2.03. The number of carboxylic acid groups (broad SMARTS) is 1. The Morgan fingerprint density at radius 1 is 1.16 bits per heavy atom. The van der Waals surface area contributed by atoms with Gasteiger partial charge in [-0.25, -0.2) is 4.79 Å². The summed E-state index contributed by atoms with van der Waals surface area (Å²) in [4.78, 5) is 13.1. The van der Waals surface area contributed by atoms with Gasteiger partial charge < -0.3 is 20.6 Å². The summed E-state index contributed by atoms with van der Waals surface area (Å²) < 4.78 is 0. The summed E-state index contributed by atoms with van der Waals surface area (Å²) >= 11 is 0. The van der Waals surface area contributed by atoms with E-state index in [0.717, 1.165) is 31.6 Å². The lowest BCUT2D eigenvalue weighted by Crippen LogP contribution is -2.60. The highest BCUT2D eigenvalue weighted by molar-refractivity contribution is 5.88. The zero-order valence-corrected chi connectivity index (χ0v) is 11.4. The fraction of sp³-hybridized carbons (Fsp3) is 0.500. The topological polar surface area (TPSA) is 64.6 Å². The summed E-state index contributed by atoms with van der Waals surface area (Å²) in [7, 11) is 3.96. The van der Waals surface area contributed by atoms with Crippen LogP contribution in [0.1, 0.15) is 23.2 Å². The quantitative estimate of drug-likeness (QED) is 0.711. The van der Waals surface area contributed by atoms with Gasteiger partial charge in [-0.2, -0.15) is 0 Å². The lowest BCUT2D eigenvalue weighted by atomic mass is 9.96. The molecule has 0 aromatic heterocycles. The van der Waals surface area contributed by atoms with E-state index in [2.05, 4.69) is 15.5 Å². The molecule has 1 aromatic rings. The SMILES string of the molecule is CNC1(NC)CCN(c2ccc(C(=O)O)cc2)CC1. The average Bonchev–Trinajstić information content (AvgIpc) is 2.47. The highest BCUT2D eigenvalue weighted by Gasteiger charge is 2.31. The molecule has 0 atom stereocenters. The van der Waals surface area contributed by atoms with Gasteiger partial charge in [-0.15, -0.1) is 0 Å². The zero-order chi connectivity index (χ0) is 13.9. The largest absolute Gasteiger partial charge is 0.478 e. The maximum absolute atomic E-state index is 10.8. The molecule has 1 saturated heterocycles. The monoisotopic (exact) mass is 263 g/mol. The molecule has 2 rings (SSSR count). The molecule has 0 aliphatic carbocycles. The van der Waals surface area contributed by atoms with E-state index in [1.54, 1.807) is 12.1 Å². The maximum Gasteiger partial charge on any atom is 0.335 e. The highest BCUT2D eigenvalue weighted by Crippen LogP contribution is 2.24. The second kappa shape index (κ2) is 5.59. The van der Waals surface area contributed by atoms with E-state index < -0.39 is 5.97 Å². The fourth-order valence-electron chi connectivity index (χ4n) is 2.59. The third-order valence-electron chi connectivity index (χ3n) is 4.05. The minimum atomic E-state index is -0.880. The van der Waals surface area contributed by atoms with Gasteiger partial charge in [-0.1, -0.05) is 0 Å². The van der Waals surface area contributed by atoms with E-state index in [1.807, 2.05) is 26.2 Å². The molecule has 1 aromatic carbocycles. The first-order valence-corrected chi connectivity index (χ1v) is 6.56. The number of nitrogens with one attached hydrogen (secondary N) is 2. The van der Waals surface area contributed by atoms with Crippen LogP contribution in [0.15, 0.2) is 24.3 Å². The lowest BCUT2D eigenvalue weighted by Gasteiger charge is -2.42. The lowest BCUT2D eigenvalue weighted by molar-refractivity contribution is 0.0697. The molecule has 0 amide bonds. The van der Waals surface area contributed by atoms with Crippen molar-refractivity contribution in [3.8, 4) is 0 Å². The first-order chi connectivity index (χ1) is 9.10. The predicted octanol–water partition coefficient (Wildman–Crippen LogP) is 1.12. The third-order valence-corrected chi connectivity index (χ3v) is 4.05. The second-order valence-corrected chi connectivity index (χ2v) is 4.92. The van der Waals surface area contributed by atoms with Crippen LogP contribution in [0.5, 0.6) is 0 Å². The van der Waals surface area contributed by atoms with Gasteiger partial charge in [-0.05, 0) is 51.2 Å². The number of aromatic carboxylic acids is 1. The van der Waals surface area contributed by atoms with Crippen LogP contribution >= 0.6 is 0 Å². The molecule has 0 radical (unpaired) electrons. The molecular formula is C14H21N3O2. The van der Waals surface area contributed by atoms with Gasteiger partial charge in [0.15, 0.2) is 0 Å². The number of hydrogen-bond acceptors (Lipinski definition) is 4. The van der Waals surface area contributed by atoms with Crippen molar-refractivity contribution in [1.82, 2.24) is 10.6 Å². The summed E-state index contributed by atoms with van der Waals surface area (Å²) in [5.74, 6) is -0.880. The number of carbonyl (C=O) groups is 1. The van der Waals surface area contributed by atoms with Crippen molar-refractivity contribution in [1.29, 1.82) is 0 Å². The van der Waals surface area contributed by atoms with E-state index in [1.165, 1.54) is 0 Å². The number of benzene rings is 1. The van der Waals surface area contributed by atoms with Crippen LogP contribution in [0.4, 0.5) is 5.69 Å². The highest BCUT2D eigenvalue weighted by atomic mass is 16.4. The minimum absolute atomic E-state index is 0.0253. The molecule has 0 spiro atoms. The summed E-state index contributed by atoms with van der Waals surface area (Å²) in [6, 6.07) is 7.09. The van der Waals surface area contributed by atoms with Gasteiger partial charge in [0, 0.05) is 18.8 Å². The molecule has 3 N–H and O–H groups in total. The fourth-order valence-corrected chi connectivity index (χ4v) is 2.59. The van der Waals surface area contributed by atoms with Crippen molar-refractivity contribution in [2.24, 2.45) is 0 Å². The number of anilines is 1. The summed E-state index contributed by atoms with van der Waals surface area (Å²) in [6.45, 7) is 1.90. The summed E-state index contributed by atoms with van der Waals surface area (Å²) in [5, 5.41) is 15.6. The Hall–Kier alpha value is -1.59. The second-order valence-electron chi connectivity index (χ2n) is 4.92. The van der Waals surface area contributed by atoms with E-state index in [4.69, 9.17) is 5.11 Å². The summed E-state index contributed by atoms with van der Waals surface area (Å²) in [5.41, 5.74) is 1.45. The van der Waals surface area contributed by atoms with Crippen LogP contribution in [0.25, 0.3) is 0 Å². The van der Waals surface area contributed by atoms with Gasteiger partial charge in [-0.3, -0.25) is 0 Å². The van der Waals surface area contributed by atoms with E-state index in [0.29, 0.717) is 5.56 Å². The van der Waals surface area contributed by atoms with Gasteiger partial charge in [0.2, 0.25) is 0 Å². The number of piperidine rings is 1. The van der Waals surface area contributed by atoms with Crippen LogP contribution in [-0.2, 0) is 0 Å². The predicted molar refractivity (Wildman–Crippen MR) is 75.7 cm³/mol. The molecular weight excluding hydrogens is 242 g/mol. The van der Waals surface area contributed by atoms with Crippen molar-refractivity contribution in [3.63, 3.8) is 0 Å². The van der Waals surface area contributed by atoms with Crippen molar-refractivity contribution in [3.05, 3.63) is 29.8 Å². The molecule has 5 nitrogen and oxygen atoms in total. The smallest absolute Gasteiger partial charge is 0.335 e. The van der Waals surface area contributed by atoms with Crippen LogP contribution in [-0.4, -0.2) is 43.9 Å². The molecule has 1 heterocycles. The van der Waals surface area contributed by atoms with Crippen molar-refractivity contribution in [2.45, 2.75) is 18.5 Å². The van der Waals surface area contributed by atoms with E-state index >= 15 is 0 Å². The van der Waals surface area contributed by atoms with Crippen LogP contribution < -0.4 is 15.5 Å². The van der Waals surface area contributed by atoms with Gasteiger partial charge in [0.05, 0.1) is 11.2 Å². The number of hydrogen-bond donors (Lipinski definition) is 3. The molecule has 0 unspecified atom stereocenters. The normalized spacial score (nSPS) is 18.3. The molecule has 1 aliphatic heterocycles. The molecule has 104 valence electrons. The van der Waals surface area contributed by atoms with Crippen LogP contribution in [0, 0.1) is 0 Å². The average molecular weight is 263 g/mol. The van der Waals surface area contributed by atoms with Crippen molar-refractivity contribution >= 4 is 11.7 Å². The van der Waals surface area contributed by atoms with Gasteiger partial charge in [0.1, 0.15) is 0 Å². The molecule has 1 fully saturated rings. The van der Waals surface area contributed by atoms with Crippen molar-refractivity contribution in [2.75, 3.05) is 32.1 Å². The van der Waals surface area contributed by atoms with E-state index in [-0.39, 0.29) is 5.66 Å². The Kier molecular flexibility index (Phi) is 4.07. The Bertz CT molecular complexity index is 431. The molecule has 5 heteroatoms. The molecule has 0 bridgehead atoms. The van der Waals surface area contributed by atoms with Crippen molar-refractivity contribution < 1.29 is 9.90 Å². The zero-order valence-electron chi connectivity index (χ0n) is 11.4. The van der Waals surface area contributed by atoms with Crippen LogP contribution in [0.2, 0.25) is 0 Å². The Labute approximate surface area is 113 Å².